The van der Waals surface area contributed by atoms with E-state index in [4.69, 9.17) is 19.4 Å². The van der Waals surface area contributed by atoms with E-state index in [0.29, 0.717) is 13.2 Å². The van der Waals surface area contributed by atoms with Crippen LogP contribution in [0.1, 0.15) is 19.8 Å². The Labute approximate surface area is 175 Å². The van der Waals surface area contributed by atoms with Crippen molar-refractivity contribution in [3.05, 3.63) is 48.8 Å². The molecule has 0 amide bonds. The first kappa shape index (κ1) is 21.8. The number of carbonyl (C=O) groups is 1. The van der Waals surface area contributed by atoms with Crippen molar-refractivity contribution in [1.29, 1.82) is 0 Å². The summed E-state index contributed by atoms with van der Waals surface area (Å²) < 4.78 is 12.9. The molecule has 2 N–H and O–H groups in total. The van der Waals surface area contributed by atoms with Gasteiger partial charge in [0.2, 0.25) is 0 Å². The van der Waals surface area contributed by atoms with Crippen LogP contribution in [0, 0.1) is 5.41 Å². The molecule has 1 aliphatic heterocycles. The maximum Gasteiger partial charge on any atom is 0.300 e. The van der Waals surface area contributed by atoms with Gasteiger partial charge in [-0.15, -0.1) is 0 Å². The molecule has 0 spiro atoms. The molecule has 7 nitrogen and oxygen atoms in total. The number of rotatable bonds is 5. The summed E-state index contributed by atoms with van der Waals surface area (Å²) in [5, 5.41) is 19.7. The average Bonchev–Trinajstić information content (AvgIpc) is 3.21. The van der Waals surface area contributed by atoms with E-state index in [9.17, 15) is 5.11 Å². The van der Waals surface area contributed by atoms with Crippen molar-refractivity contribution in [3.63, 3.8) is 0 Å². The van der Waals surface area contributed by atoms with Gasteiger partial charge < -0.3 is 24.3 Å². The summed E-state index contributed by atoms with van der Waals surface area (Å²) in [5.74, 6) is 0.957. The minimum Gasteiger partial charge on any atom is -0.497 e. The standard InChI is InChI=1S/C21H24N2O3.C2H4O2/c1-25-19-5-4-16-12-18(3-2-17(16)13-19)20-22-8-9-23(20)14-21(15-24)6-10-26-11-7-21;1-2(3)4/h2-5,8-9,12-13,24H,6-7,10-11,14-15H2,1H3;1H3,(H,3,4). The average molecular weight is 412 g/mol. The van der Waals surface area contributed by atoms with Gasteiger partial charge in [0.15, 0.2) is 0 Å². The van der Waals surface area contributed by atoms with Gasteiger partial charge in [-0.25, -0.2) is 4.98 Å². The Morgan fingerprint density at radius 3 is 2.53 bits per heavy atom. The van der Waals surface area contributed by atoms with Gasteiger partial charge in [-0.2, -0.15) is 0 Å². The van der Waals surface area contributed by atoms with Gasteiger partial charge in [-0.3, -0.25) is 4.79 Å². The minimum atomic E-state index is -0.833. The Morgan fingerprint density at radius 1 is 1.20 bits per heavy atom. The SMILES string of the molecule is CC(=O)O.COc1ccc2cc(-c3nccn3CC3(CO)CCOCC3)ccc2c1. The Bertz CT molecular complexity index is 988. The number of fused-ring (bicyclic) bond motifs is 1. The van der Waals surface area contributed by atoms with Crippen molar-refractivity contribution in [1.82, 2.24) is 9.55 Å². The van der Waals surface area contributed by atoms with Crippen LogP contribution >= 0.6 is 0 Å². The summed E-state index contributed by atoms with van der Waals surface area (Å²) in [6.07, 6.45) is 5.58. The molecule has 2 aromatic carbocycles. The number of benzene rings is 2. The topological polar surface area (TPSA) is 93.8 Å². The molecular weight excluding hydrogens is 384 g/mol. The van der Waals surface area contributed by atoms with Crippen LogP contribution in [0.15, 0.2) is 48.8 Å². The van der Waals surface area contributed by atoms with E-state index >= 15 is 0 Å². The van der Waals surface area contributed by atoms with E-state index in [1.54, 1.807) is 7.11 Å². The second-order valence-corrected chi connectivity index (χ2v) is 7.60. The van der Waals surface area contributed by atoms with Crippen LogP contribution in [-0.2, 0) is 16.1 Å². The van der Waals surface area contributed by atoms with Crippen molar-refractivity contribution in [2.75, 3.05) is 26.9 Å². The van der Waals surface area contributed by atoms with Crippen LogP contribution in [0.3, 0.4) is 0 Å². The fourth-order valence-electron chi connectivity index (χ4n) is 3.72. The second-order valence-electron chi connectivity index (χ2n) is 7.60. The third-order valence-corrected chi connectivity index (χ3v) is 5.42. The van der Waals surface area contributed by atoms with E-state index in [2.05, 4.69) is 33.8 Å². The molecule has 0 saturated carbocycles. The fourth-order valence-corrected chi connectivity index (χ4v) is 3.72. The number of aliphatic hydroxyl groups is 1. The molecule has 3 aromatic rings. The highest BCUT2D eigenvalue weighted by molar-refractivity contribution is 5.87. The molecule has 160 valence electrons. The van der Waals surface area contributed by atoms with Gasteiger partial charge in [0.1, 0.15) is 11.6 Å². The zero-order valence-electron chi connectivity index (χ0n) is 17.4. The van der Waals surface area contributed by atoms with Crippen LogP contribution in [0.4, 0.5) is 0 Å². The van der Waals surface area contributed by atoms with Crippen LogP contribution in [0.5, 0.6) is 5.75 Å². The summed E-state index contributed by atoms with van der Waals surface area (Å²) in [5.41, 5.74) is 0.950. The highest BCUT2D eigenvalue weighted by Gasteiger charge is 2.33. The molecule has 0 atom stereocenters. The van der Waals surface area contributed by atoms with E-state index in [1.807, 2.05) is 24.5 Å². The molecule has 4 rings (SSSR count). The van der Waals surface area contributed by atoms with Crippen molar-refractivity contribution in [3.8, 4) is 17.1 Å². The molecule has 7 heteroatoms. The van der Waals surface area contributed by atoms with Crippen LogP contribution in [-0.4, -0.2) is 52.7 Å². The lowest BCUT2D eigenvalue weighted by atomic mass is 9.81. The number of nitrogens with zero attached hydrogens (tertiary/aromatic N) is 2. The predicted molar refractivity (Wildman–Crippen MR) is 115 cm³/mol. The lowest BCUT2D eigenvalue weighted by Crippen LogP contribution is -2.37. The molecule has 1 aromatic heterocycles. The van der Waals surface area contributed by atoms with E-state index in [1.165, 1.54) is 0 Å². The fraction of sp³-hybridized carbons (Fsp3) is 0.391. The van der Waals surface area contributed by atoms with Crippen LogP contribution in [0.2, 0.25) is 0 Å². The summed E-state index contributed by atoms with van der Waals surface area (Å²) in [6.45, 7) is 3.43. The summed E-state index contributed by atoms with van der Waals surface area (Å²) in [6, 6.07) is 12.4. The van der Waals surface area contributed by atoms with Gasteiger partial charge >= 0.3 is 0 Å². The van der Waals surface area contributed by atoms with Gasteiger partial charge in [0.05, 0.1) is 13.7 Å². The first-order valence-electron chi connectivity index (χ1n) is 9.94. The number of aliphatic carboxylic acids is 1. The molecular formula is C23H28N2O5. The van der Waals surface area contributed by atoms with Gasteiger partial charge in [-0.05, 0) is 41.8 Å². The number of carboxylic acids is 1. The largest absolute Gasteiger partial charge is 0.497 e. The summed E-state index contributed by atoms with van der Waals surface area (Å²) in [4.78, 5) is 13.6. The Morgan fingerprint density at radius 2 is 1.87 bits per heavy atom. The monoisotopic (exact) mass is 412 g/mol. The van der Waals surface area contributed by atoms with E-state index < -0.39 is 5.97 Å². The van der Waals surface area contributed by atoms with Crippen molar-refractivity contribution in [2.45, 2.75) is 26.3 Å². The highest BCUT2D eigenvalue weighted by atomic mass is 16.5. The van der Waals surface area contributed by atoms with Gasteiger partial charge in [0.25, 0.3) is 5.97 Å². The number of ether oxygens (including phenoxy) is 2. The number of aliphatic hydroxyl groups excluding tert-OH is 1. The number of hydrogen-bond donors (Lipinski definition) is 2. The Kier molecular flexibility index (Phi) is 7.07. The first-order valence-corrected chi connectivity index (χ1v) is 9.94. The predicted octanol–water partition coefficient (Wildman–Crippen LogP) is 3.59. The highest BCUT2D eigenvalue weighted by Crippen LogP contribution is 2.34. The number of methoxy groups -OCH3 is 1. The van der Waals surface area contributed by atoms with Crippen molar-refractivity contribution >= 4 is 16.7 Å². The first-order chi connectivity index (χ1) is 14.5. The zero-order valence-corrected chi connectivity index (χ0v) is 17.4. The number of aromatic nitrogens is 2. The Balaban J connectivity index is 0.000000589. The second kappa shape index (κ2) is 9.73. The minimum absolute atomic E-state index is 0.127. The normalized spacial score (nSPS) is 15.3. The number of imidazole rings is 1. The Hall–Kier alpha value is -2.90. The molecule has 0 radical (unpaired) electrons. The van der Waals surface area contributed by atoms with E-state index in [-0.39, 0.29) is 12.0 Å². The lowest BCUT2D eigenvalue weighted by Gasteiger charge is -2.36. The summed E-state index contributed by atoms with van der Waals surface area (Å²) >= 11 is 0. The molecule has 1 saturated heterocycles. The molecule has 2 heterocycles. The van der Waals surface area contributed by atoms with Crippen LogP contribution < -0.4 is 4.74 Å². The number of carboxylic acid groups (broad SMARTS) is 1. The van der Waals surface area contributed by atoms with Crippen molar-refractivity contribution in [2.24, 2.45) is 5.41 Å². The third-order valence-electron chi connectivity index (χ3n) is 5.42. The molecule has 0 aliphatic carbocycles. The zero-order chi connectivity index (χ0) is 21.6. The maximum absolute atomic E-state index is 9.99. The van der Waals surface area contributed by atoms with Crippen LogP contribution in [0.25, 0.3) is 22.2 Å². The third kappa shape index (κ3) is 5.17. The van der Waals surface area contributed by atoms with Gasteiger partial charge in [-0.1, -0.05) is 18.2 Å². The molecule has 1 aliphatic rings. The molecule has 0 bridgehead atoms. The molecule has 1 fully saturated rings. The summed E-state index contributed by atoms with van der Waals surface area (Å²) in [7, 11) is 1.68. The van der Waals surface area contributed by atoms with Crippen molar-refractivity contribution < 1.29 is 24.5 Å². The smallest absolute Gasteiger partial charge is 0.300 e. The maximum atomic E-state index is 9.99. The molecule has 30 heavy (non-hydrogen) atoms. The van der Waals surface area contributed by atoms with E-state index in [0.717, 1.165) is 54.2 Å². The lowest BCUT2D eigenvalue weighted by molar-refractivity contribution is -0.134. The quantitative estimate of drug-likeness (QED) is 0.665. The number of hydrogen-bond acceptors (Lipinski definition) is 5. The molecule has 0 unspecified atom stereocenters. The van der Waals surface area contributed by atoms with Gasteiger partial charge in [0, 0.05) is 50.1 Å².